The van der Waals surface area contributed by atoms with Crippen molar-refractivity contribution in [2.24, 2.45) is 5.92 Å². The number of aliphatic hydroxyl groups excluding tert-OH is 1. The maximum atomic E-state index is 13.4. The van der Waals surface area contributed by atoms with Crippen molar-refractivity contribution in [3.05, 3.63) is 83.4 Å². The fourth-order valence-corrected chi connectivity index (χ4v) is 5.22. The van der Waals surface area contributed by atoms with E-state index in [-0.39, 0.29) is 30.0 Å². The zero-order chi connectivity index (χ0) is 23.8. The molecule has 5 heteroatoms. The third kappa shape index (κ3) is 6.29. The van der Waals surface area contributed by atoms with Crippen LogP contribution in [-0.4, -0.2) is 72.3 Å². The molecule has 1 heterocycles. The maximum absolute atomic E-state index is 13.4. The molecule has 0 spiro atoms. The van der Waals surface area contributed by atoms with Crippen molar-refractivity contribution < 1.29 is 14.7 Å². The van der Waals surface area contributed by atoms with Crippen molar-refractivity contribution >= 4 is 11.6 Å². The Morgan fingerprint density at radius 2 is 1.44 bits per heavy atom. The molecule has 0 bridgehead atoms. The summed E-state index contributed by atoms with van der Waals surface area (Å²) in [7, 11) is 0. The molecule has 2 aromatic carbocycles. The lowest BCUT2D eigenvalue weighted by Gasteiger charge is -2.34. The van der Waals surface area contributed by atoms with Crippen LogP contribution in [0.5, 0.6) is 0 Å². The van der Waals surface area contributed by atoms with Crippen molar-refractivity contribution in [2.75, 3.05) is 45.9 Å². The molecule has 2 aliphatic rings. The van der Waals surface area contributed by atoms with Gasteiger partial charge in [0.1, 0.15) is 0 Å². The SMILES string of the molecule is O=C1/C(=C/CCCN2CCN(CCO)CC2)C(=O)[C@H](c2ccccc2)C[C@@H]1Cc1ccccc1. The highest BCUT2D eigenvalue weighted by atomic mass is 16.3. The van der Waals surface area contributed by atoms with Crippen LogP contribution in [0.4, 0.5) is 0 Å². The number of unbranched alkanes of at least 4 members (excludes halogenated alkanes) is 1. The number of carbonyl (C=O) groups is 2. The molecule has 5 nitrogen and oxygen atoms in total. The number of allylic oxidation sites excluding steroid dienone is 2. The van der Waals surface area contributed by atoms with E-state index < -0.39 is 0 Å². The van der Waals surface area contributed by atoms with E-state index in [1.54, 1.807) is 0 Å². The summed E-state index contributed by atoms with van der Waals surface area (Å²) in [6, 6.07) is 20.0. The van der Waals surface area contributed by atoms with Gasteiger partial charge in [-0.15, -0.1) is 0 Å². The monoisotopic (exact) mass is 460 g/mol. The number of nitrogens with zero attached hydrogens (tertiary/aromatic N) is 2. The molecule has 1 N–H and O–H groups in total. The van der Waals surface area contributed by atoms with Gasteiger partial charge in [0.05, 0.1) is 12.2 Å². The molecular weight excluding hydrogens is 424 g/mol. The number of β-amino-alcohol motifs (C(OH)–C–C–N with tert-alkyl or cyclic N) is 1. The van der Waals surface area contributed by atoms with E-state index in [0.717, 1.165) is 63.2 Å². The van der Waals surface area contributed by atoms with E-state index in [9.17, 15) is 9.59 Å². The number of piperazine rings is 1. The Hall–Kier alpha value is -2.60. The predicted octanol–water partition coefficient (Wildman–Crippen LogP) is 3.49. The minimum Gasteiger partial charge on any atom is -0.395 e. The van der Waals surface area contributed by atoms with Gasteiger partial charge in [0, 0.05) is 44.6 Å². The van der Waals surface area contributed by atoms with Gasteiger partial charge >= 0.3 is 0 Å². The van der Waals surface area contributed by atoms with E-state index >= 15 is 0 Å². The summed E-state index contributed by atoms with van der Waals surface area (Å²) in [5, 5.41) is 9.10. The van der Waals surface area contributed by atoms with Crippen LogP contribution in [0.25, 0.3) is 0 Å². The number of Topliss-reactive ketones (excluding diaryl/α,β-unsaturated/α-hetero) is 2. The minimum absolute atomic E-state index is 0.0126. The van der Waals surface area contributed by atoms with Gasteiger partial charge in [-0.1, -0.05) is 66.7 Å². The Morgan fingerprint density at radius 1 is 0.824 bits per heavy atom. The summed E-state index contributed by atoms with van der Waals surface area (Å²) in [6.45, 7) is 5.90. The Morgan fingerprint density at radius 3 is 2.09 bits per heavy atom. The van der Waals surface area contributed by atoms with E-state index in [1.165, 1.54) is 0 Å². The average Bonchev–Trinajstić information content (AvgIpc) is 2.87. The highest BCUT2D eigenvalue weighted by Crippen LogP contribution is 2.36. The van der Waals surface area contributed by atoms with Crippen LogP contribution in [0.2, 0.25) is 0 Å². The summed E-state index contributed by atoms with van der Waals surface area (Å²) < 4.78 is 0. The zero-order valence-corrected chi connectivity index (χ0v) is 19.9. The lowest BCUT2D eigenvalue weighted by atomic mass is 9.71. The molecule has 180 valence electrons. The third-order valence-electron chi connectivity index (χ3n) is 7.17. The highest BCUT2D eigenvalue weighted by Gasteiger charge is 2.39. The number of hydrogen-bond donors (Lipinski definition) is 1. The van der Waals surface area contributed by atoms with Crippen molar-refractivity contribution in [3.8, 4) is 0 Å². The number of aliphatic hydroxyl groups is 1. The number of ketones is 2. The van der Waals surface area contributed by atoms with Crippen LogP contribution in [0.1, 0.15) is 36.3 Å². The molecule has 2 atom stereocenters. The van der Waals surface area contributed by atoms with Gasteiger partial charge in [0.25, 0.3) is 0 Å². The van der Waals surface area contributed by atoms with Gasteiger partial charge in [-0.05, 0) is 43.4 Å². The van der Waals surface area contributed by atoms with Crippen LogP contribution in [0.15, 0.2) is 72.3 Å². The van der Waals surface area contributed by atoms with Crippen LogP contribution in [0.3, 0.4) is 0 Å². The number of carbonyl (C=O) groups excluding carboxylic acids is 2. The fraction of sp³-hybridized carbons (Fsp3) is 0.448. The largest absolute Gasteiger partial charge is 0.395 e. The van der Waals surface area contributed by atoms with Gasteiger partial charge in [0.15, 0.2) is 11.6 Å². The van der Waals surface area contributed by atoms with Gasteiger partial charge in [0.2, 0.25) is 0 Å². The molecule has 2 fully saturated rings. The minimum atomic E-state index is -0.251. The second-order valence-electron chi connectivity index (χ2n) is 9.48. The third-order valence-corrected chi connectivity index (χ3v) is 7.17. The normalized spacial score (nSPS) is 23.5. The molecule has 1 saturated carbocycles. The summed E-state index contributed by atoms with van der Waals surface area (Å²) in [4.78, 5) is 31.5. The summed E-state index contributed by atoms with van der Waals surface area (Å²) in [5.74, 6) is -0.425. The van der Waals surface area contributed by atoms with Gasteiger partial charge < -0.3 is 10.0 Å². The van der Waals surface area contributed by atoms with Gasteiger partial charge in [-0.3, -0.25) is 14.5 Å². The smallest absolute Gasteiger partial charge is 0.173 e. The summed E-state index contributed by atoms with van der Waals surface area (Å²) in [6.07, 6.45) is 4.84. The first-order valence-corrected chi connectivity index (χ1v) is 12.6. The molecule has 0 amide bonds. The first-order chi connectivity index (χ1) is 16.7. The molecule has 1 aliphatic heterocycles. The van der Waals surface area contributed by atoms with Crippen molar-refractivity contribution in [2.45, 2.75) is 31.6 Å². The predicted molar refractivity (Wildman–Crippen MR) is 135 cm³/mol. The standard InChI is InChI=1S/C29H36N2O3/c32-20-19-31-17-15-30(16-18-31)14-8-7-13-26-28(33)25(21-23-9-3-1-4-10-23)22-27(29(26)34)24-11-5-2-6-12-24/h1-6,9-13,25,27,32H,7-8,14-22H2/b26-13-/t25-,27-/m0/s1. The quantitative estimate of drug-likeness (QED) is 0.353. The maximum Gasteiger partial charge on any atom is 0.173 e. The Bertz CT molecular complexity index is 965. The topological polar surface area (TPSA) is 60.9 Å². The Kier molecular flexibility index (Phi) is 8.80. The fourth-order valence-electron chi connectivity index (χ4n) is 5.22. The molecule has 34 heavy (non-hydrogen) atoms. The van der Waals surface area contributed by atoms with E-state index in [2.05, 4.69) is 21.9 Å². The lowest BCUT2D eigenvalue weighted by molar-refractivity contribution is -0.128. The molecule has 4 rings (SSSR count). The lowest BCUT2D eigenvalue weighted by Crippen LogP contribution is -2.47. The van der Waals surface area contributed by atoms with E-state index in [4.69, 9.17) is 5.11 Å². The van der Waals surface area contributed by atoms with Gasteiger partial charge in [-0.25, -0.2) is 0 Å². The first-order valence-electron chi connectivity index (χ1n) is 12.6. The van der Waals surface area contributed by atoms with Crippen LogP contribution >= 0.6 is 0 Å². The molecule has 0 aromatic heterocycles. The molecule has 1 saturated heterocycles. The van der Waals surface area contributed by atoms with Crippen LogP contribution in [0, 0.1) is 5.92 Å². The van der Waals surface area contributed by atoms with E-state index in [1.807, 2.05) is 54.6 Å². The highest BCUT2D eigenvalue weighted by molar-refractivity contribution is 6.24. The molecule has 0 radical (unpaired) electrons. The zero-order valence-electron chi connectivity index (χ0n) is 19.9. The molecule has 0 unspecified atom stereocenters. The summed E-state index contributed by atoms with van der Waals surface area (Å²) >= 11 is 0. The van der Waals surface area contributed by atoms with Crippen LogP contribution in [-0.2, 0) is 16.0 Å². The number of rotatable bonds is 9. The molecular formula is C29H36N2O3. The summed E-state index contributed by atoms with van der Waals surface area (Å²) in [5.41, 5.74) is 2.56. The second-order valence-corrected chi connectivity index (χ2v) is 9.48. The van der Waals surface area contributed by atoms with Crippen molar-refractivity contribution in [3.63, 3.8) is 0 Å². The van der Waals surface area contributed by atoms with Gasteiger partial charge in [-0.2, -0.15) is 0 Å². The Balaban J connectivity index is 1.41. The average molecular weight is 461 g/mol. The second kappa shape index (κ2) is 12.2. The molecule has 1 aliphatic carbocycles. The van der Waals surface area contributed by atoms with Crippen molar-refractivity contribution in [1.29, 1.82) is 0 Å². The Labute approximate surface area is 203 Å². The van der Waals surface area contributed by atoms with Crippen molar-refractivity contribution in [1.82, 2.24) is 9.80 Å². The number of benzene rings is 2. The van der Waals surface area contributed by atoms with E-state index in [0.29, 0.717) is 18.4 Å². The first kappa shape index (κ1) is 24.5. The number of hydrogen-bond acceptors (Lipinski definition) is 5. The molecule has 2 aromatic rings. The van der Waals surface area contributed by atoms with Crippen LogP contribution < -0.4 is 0 Å².